The summed E-state index contributed by atoms with van der Waals surface area (Å²) in [6.07, 6.45) is 6.43. The Balaban J connectivity index is 1.45. The van der Waals surface area contributed by atoms with Gasteiger partial charge in [-0.05, 0) is 54.7 Å². The number of benzene rings is 3. The molecular weight excluding hydrogens is 525 g/mol. The lowest BCUT2D eigenvalue weighted by Gasteiger charge is -2.23. The van der Waals surface area contributed by atoms with Gasteiger partial charge in [-0.25, -0.2) is 9.07 Å². The largest absolute Gasteiger partial charge is 0.377 e. The lowest BCUT2D eigenvalue weighted by molar-refractivity contribution is 0.610. The van der Waals surface area contributed by atoms with E-state index in [9.17, 15) is 9.65 Å². The van der Waals surface area contributed by atoms with Gasteiger partial charge in [0.25, 0.3) is 0 Å². The van der Waals surface area contributed by atoms with Crippen molar-refractivity contribution in [3.8, 4) is 6.07 Å². The van der Waals surface area contributed by atoms with Crippen LogP contribution in [0.4, 0.5) is 15.8 Å². The van der Waals surface area contributed by atoms with Crippen LogP contribution in [0.25, 0.3) is 10.9 Å². The first kappa shape index (κ1) is 25.8. The first-order chi connectivity index (χ1) is 19.5. The molecule has 0 bridgehead atoms. The van der Waals surface area contributed by atoms with E-state index in [-0.39, 0.29) is 11.9 Å². The summed E-state index contributed by atoms with van der Waals surface area (Å²) < 4.78 is 16.2. The maximum Gasteiger partial charge on any atom is 0.123 e. The van der Waals surface area contributed by atoms with Crippen LogP contribution in [-0.4, -0.2) is 20.0 Å². The number of pyridine rings is 1. The van der Waals surface area contributed by atoms with E-state index in [4.69, 9.17) is 11.6 Å². The van der Waals surface area contributed by atoms with E-state index >= 15 is 0 Å². The fourth-order valence-corrected chi connectivity index (χ4v) is 5.23. The molecule has 2 aromatic heterocycles. The van der Waals surface area contributed by atoms with Crippen molar-refractivity contribution in [2.24, 2.45) is 0 Å². The standard InChI is InChI=1S/C31H27ClFN7/c1-2-26(19-7-4-3-5-8-19)36-29-21(16-34)17-35-31-25(29)14-22(32)15-27(31)37-30(20-9-6-10-23(33)13-20)28-18-40(39-38-28)24-11-12-24/h3-10,13-15,17-18,24,26,30,37H,2,11-12H2,1H3,(H,35,36)/t26-,30+/m1/s1. The number of nitrogens with one attached hydrogen (secondary N) is 2. The number of aromatic nitrogens is 4. The van der Waals surface area contributed by atoms with Gasteiger partial charge in [0.15, 0.2) is 0 Å². The van der Waals surface area contributed by atoms with Crippen LogP contribution in [-0.2, 0) is 0 Å². The van der Waals surface area contributed by atoms with Crippen LogP contribution in [0, 0.1) is 17.1 Å². The Morgan fingerprint density at radius 2 is 1.88 bits per heavy atom. The van der Waals surface area contributed by atoms with Gasteiger partial charge in [-0.3, -0.25) is 4.98 Å². The molecule has 0 spiro atoms. The molecule has 9 heteroatoms. The van der Waals surface area contributed by atoms with Gasteiger partial charge in [-0.15, -0.1) is 5.10 Å². The Morgan fingerprint density at radius 3 is 2.60 bits per heavy atom. The zero-order valence-electron chi connectivity index (χ0n) is 21.9. The minimum Gasteiger partial charge on any atom is -0.377 e. The second kappa shape index (κ2) is 10.9. The van der Waals surface area contributed by atoms with Crippen molar-refractivity contribution in [2.45, 2.75) is 44.3 Å². The number of hydrogen-bond donors (Lipinski definition) is 2. The van der Waals surface area contributed by atoms with Crippen LogP contribution < -0.4 is 10.6 Å². The third kappa shape index (κ3) is 5.21. The van der Waals surface area contributed by atoms with Crippen molar-refractivity contribution in [3.63, 3.8) is 0 Å². The highest BCUT2D eigenvalue weighted by atomic mass is 35.5. The Kier molecular flexibility index (Phi) is 7.06. The van der Waals surface area contributed by atoms with E-state index in [1.807, 2.05) is 41.2 Å². The summed E-state index contributed by atoms with van der Waals surface area (Å²) in [6.45, 7) is 2.10. The second-order valence-corrected chi connectivity index (χ2v) is 10.4. The second-order valence-electron chi connectivity index (χ2n) is 10.0. The fraction of sp³-hybridized carbons (Fsp3) is 0.226. The van der Waals surface area contributed by atoms with E-state index in [2.05, 4.69) is 51.1 Å². The number of halogens is 2. The number of nitrogens with zero attached hydrogens (tertiary/aromatic N) is 5. The average Bonchev–Trinajstić information content (AvgIpc) is 3.71. The topological polar surface area (TPSA) is 91.5 Å². The molecule has 7 nitrogen and oxygen atoms in total. The lowest BCUT2D eigenvalue weighted by atomic mass is 10.0. The molecule has 0 amide bonds. The summed E-state index contributed by atoms with van der Waals surface area (Å²) in [6, 6.07) is 22.2. The Morgan fingerprint density at radius 1 is 1.07 bits per heavy atom. The monoisotopic (exact) mass is 551 g/mol. The molecule has 2 N–H and O–H groups in total. The van der Waals surface area contributed by atoms with Gasteiger partial charge >= 0.3 is 0 Å². The summed E-state index contributed by atoms with van der Waals surface area (Å²) in [7, 11) is 0. The molecule has 3 aromatic carbocycles. The summed E-state index contributed by atoms with van der Waals surface area (Å²) in [4.78, 5) is 4.66. The molecule has 2 atom stereocenters. The fourth-order valence-electron chi connectivity index (χ4n) is 5.01. The minimum absolute atomic E-state index is 0.0215. The van der Waals surface area contributed by atoms with Gasteiger partial charge < -0.3 is 10.6 Å². The normalized spacial score (nSPS) is 14.4. The molecule has 0 radical (unpaired) electrons. The number of anilines is 2. The maximum atomic E-state index is 14.3. The number of nitriles is 1. The van der Waals surface area contributed by atoms with Gasteiger partial charge in [0.2, 0.25) is 0 Å². The van der Waals surface area contributed by atoms with Crippen molar-refractivity contribution in [2.75, 3.05) is 10.6 Å². The Bertz CT molecular complexity index is 1710. The van der Waals surface area contributed by atoms with Crippen LogP contribution in [0.3, 0.4) is 0 Å². The molecule has 5 aromatic rings. The molecule has 2 heterocycles. The molecule has 0 saturated heterocycles. The highest BCUT2D eigenvalue weighted by Crippen LogP contribution is 2.39. The van der Waals surface area contributed by atoms with Gasteiger partial charge in [0, 0.05) is 16.6 Å². The molecule has 1 fully saturated rings. The molecule has 0 aliphatic heterocycles. The van der Waals surface area contributed by atoms with Crippen LogP contribution in [0.15, 0.2) is 79.1 Å². The zero-order valence-corrected chi connectivity index (χ0v) is 22.6. The summed E-state index contributed by atoms with van der Waals surface area (Å²) in [5.74, 6) is -0.343. The smallest absolute Gasteiger partial charge is 0.123 e. The summed E-state index contributed by atoms with van der Waals surface area (Å²) in [5, 5.41) is 27.0. The Labute approximate surface area is 236 Å². The number of rotatable bonds is 9. The predicted octanol–water partition coefficient (Wildman–Crippen LogP) is 7.59. The van der Waals surface area contributed by atoms with Gasteiger partial charge in [-0.2, -0.15) is 5.26 Å². The van der Waals surface area contributed by atoms with Crippen LogP contribution in [0.1, 0.15) is 66.7 Å². The summed E-state index contributed by atoms with van der Waals surface area (Å²) >= 11 is 6.66. The third-order valence-corrected chi connectivity index (χ3v) is 7.43. The molecule has 1 saturated carbocycles. The minimum atomic E-state index is -0.508. The Hall–Kier alpha value is -4.48. The zero-order chi connectivity index (χ0) is 27.6. The molecule has 40 heavy (non-hydrogen) atoms. The highest BCUT2D eigenvalue weighted by molar-refractivity contribution is 6.32. The van der Waals surface area contributed by atoms with E-state index < -0.39 is 6.04 Å². The quantitative estimate of drug-likeness (QED) is 0.196. The SMILES string of the molecule is CC[C@@H](Nc1c(C#N)cnc2c(N[C@@H](c3cccc(F)c3)c3cn(C4CC4)nn3)cc(Cl)cc12)c1ccccc1. The van der Waals surface area contributed by atoms with Crippen molar-refractivity contribution in [1.82, 2.24) is 20.0 Å². The van der Waals surface area contributed by atoms with Crippen LogP contribution in [0.2, 0.25) is 5.02 Å². The first-order valence-corrected chi connectivity index (χ1v) is 13.7. The van der Waals surface area contributed by atoms with Crippen LogP contribution >= 0.6 is 11.6 Å². The first-order valence-electron chi connectivity index (χ1n) is 13.3. The van der Waals surface area contributed by atoms with Crippen molar-refractivity contribution in [1.29, 1.82) is 5.26 Å². The molecule has 1 aliphatic rings. The molecule has 6 rings (SSSR count). The molecule has 200 valence electrons. The van der Waals surface area contributed by atoms with Crippen LogP contribution in [0.5, 0.6) is 0 Å². The highest BCUT2D eigenvalue weighted by Gasteiger charge is 2.27. The van der Waals surface area contributed by atoms with E-state index in [1.165, 1.54) is 12.1 Å². The van der Waals surface area contributed by atoms with Gasteiger partial charge in [0.1, 0.15) is 17.6 Å². The van der Waals surface area contributed by atoms with E-state index in [1.54, 1.807) is 18.3 Å². The van der Waals surface area contributed by atoms with Crippen molar-refractivity contribution >= 4 is 33.9 Å². The molecule has 0 unspecified atom stereocenters. The molecule has 1 aliphatic carbocycles. The number of hydrogen-bond acceptors (Lipinski definition) is 6. The third-order valence-electron chi connectivity index (χ3n) is 7.21. The average molecular weight is 552 g/mol. The van der Waals surface area contributed by atoms with Gasteiger partial charge in [-0.1, -0.05) is 66.2 Å². The van der Waals surface area contributed by atoms with E-state index in [0.717, 1.165) is 24.8 Å². The lowest BCUT2D eigenvalue weighted by Crippen LogP contribution is -2.15. The van der Waals surface area contributed by atoms with Crippen molar-refractivity contribution < 1.29 is 4.39 Å². The van der Waals surface area contributed by atoms with Crippen molar-refractivity contribution in [3.05, 3.63) is 112 Å². The summed E-state index contributed by atoms with van der Waals surface area (Å²) in [5.41, 5.74) is 4.82. The predicted molar refractivity (Wildman–Crippen MR) is 155 cm³/mol. The maximum absolute atomic E-state index is 14.3. The number of fused-ring (bicyclic) bond motifs is 1. The van der Waals surface area contributed by atoms with Gasteiger partial charge in [0.05, 0.1) is 46.8 Å². The molecular formula is C31H27ClFN7. The van der Waals surface area contributed by atoms with E-state index in [0.29, 0.717) is 50.2 Å².